The summed E-state index contributed by atoms with van der Waals surface area (Å²) in [7, 11) is 0. The molecule has 2 aromatic heterocycles. The fourth-order valence-corrected chi connectivity index (χ4v) is 2.00. The fraction of sp³-hybridized carbons (Fsp3) is 0.429. The third kappa shape index (κ3) is 4.01. The largest absolute Gasteiger partial charge is 0.383 e. The minimum absolute atomic E-state index is 0.0417. The molecule has 0 aliphatic rings. The number of rotatable bonds is 7. The Labute approximate surface area is 124 Å². The average Bonchev–Trinajstić information content (AvgIpc) is 3.02. The Kier molecular flexibility index (Phi) is 5.25. The maximum atomic E-state index is 12.2. The van der Waals surface area contributed by atoms with Crippen LogP contribution in [-0.2, 0) is 6.54 Å². The van der Waals surface area contributed by atoms with Crippen molar-refractivity contribution in [1.29, 1.82) is 0 Å². The summed E-state index contributed by atoms with van der Waals surface area (Å²) in [5.41, 5.74) is 1.34. The number of carbonyl (C=O) groups excluding carboxylic acids is 1. The van der Waals surface area contributed by atoms with E-state index < -0.39 is 0 Å². The molecule has 2 aromatic rings. The molecule has 0 bridgehead atoms. The van der Waals surface area contributed by atoms with Gasteiger partial charge in [0.25, 0.3) is 5.91 Å². The molecule has 2 heterocycles. The topological polar surface area (TPSA) is 75.9 Å². The molecular weight excluding hydrogens is 268 g/mol. The van der Waals surface area contributed by atoms with Crippen LogP contribution in [0, 0.1) is 0 Å². The Hall–Kier alpha value is -2.44. The van der Waals surface area contributed by atoms with Crippen molar-refractivity contribution >= 4 is 11.6 Å². The van der Waals surface area contributed by atoms with Gasteiger partial charge in [0.15, 0.2) is 0 Å². The van der Waals surface area contributed by atoms with Gasteiger partial charge < -0.3 is 10.2 Å². The lowest BCUT2D eigenvalue weighted by Crippen LogP contribution is -2.31. The molecule has 0 atom stereocenters. The summed E-state index contributed by atoms with van der Waals surface area (Å²) in [5, 5.41) is 10.9. The first kappa shape index (κ1) is 15.0. The highest BCUT2D eigenvalue weighted by Crippen LogP contribution is 2.10. The Bertz CT molecular complexity index is 565. The lowest BCUT2D eigenvalue weighted by atomic mass is 10.2. The molecule has 0 saturated carbocycles. The van der Waals surface area contributed by atoms with Gasteiger partial charge in [-0.1, -0.05) is 5.21 Å². The lowest BCUT2D eigenvalue weighted by Gasteiger charge is -2.18. The van der Waals surface area contributed by atoms with Gasteiger partial charge in [0, 0.05) is 37.7 Å². The standard InChI is InChI=1S/C14H20N6O/c1-3-19(4-2)14(21)13-11-12(5-6-16-13)15-7-9-20-10-8-17-18-20/h5-6,8,10-11H,3-4,7,9H2,1-2H3,(H,15,16). The van der Waals surface area contributed by atoms with Gasteiger partial charge in [-0.15, -0.1) is 5.10 Å². The molecule has 0 aliphatic heterocycles. The highest BCUT2D eigenvalue weighted by atomic mass is 16.2. The van der Waals surface area contributed by atoms with Crippen LogP contribution in [0.3, 0.4) is 0 Å². The van der Waals surface area contributed by atoms with Crippen LogP contribution in [0.25, 0.3) is 0 Å². The summed E-state index contributed by atoms with van der Waals surface area (Å²) >= 11 is 0. The van der Waals surface area contributed by atoms with Crippen molar-refractivity contribution in [3.63, 3.8) is 0 Å². The third-order valence-corrected chi connectivity index (χ3v) is 3.17. The number of anilines is 1. The van der Waals surface area contributed by atoms with Crippen molar-refractivity contribution in [2.75, 3.05) is 25.0 Å². The summed E-state index contributed by atoms with van der Waals surface area (Å²) in [6.07, 6.45) is 5.10. The molecule has 1 amide bonds. The van der Waals surface area contributed by atoms with Crippen LogP contribution in [0.5, 0.6) is 0 Å². The zero-order chi connectivity index (χ0) is 15.1. The molecule has 0 saturated heterocycles. The van der Waals surface area contributed by atoms with Gasteiger partial charge in [0.05, 0.1) is 12.7 Å². The molecule has 0 aromatic carbocycles. The van der Waals surface area contributed by atoms with Crippen LogP contribution >= 0.6 is 0 Å². The number of nitrogens with one attached hydrogen (secondary N) is 1. The van der Waals surface area contributed by atoms with Crippen LogP contribution in [0.2, 0.25) is 0 Å². The zero-order valence-electron chi connectivity index (χ0n) is 12.4. The number of pyridine rings is 1. The lowest BCUT2D eigenvalue weighted by molar-refractivity contribution is 0.0767. The first-order chi connectivity index (χ1) is 10.2. The van der Waals surface area contributed by atoms with Gasteiger partial charge in [-0.25, -0.2) is 0 Å². The van der Waals surface area contributed by atoms with E-state index in [-0.39, 0.29) is 5.91 Å². The Morgan fingerprint density at radius 1 is 1.33 bits per heavy atom. The minimum Gasteiger partial charge on any atom is -0.383 e. The first-order valence-corrected chi connectivity index (χ1v) is 7.08. The van der Waals surface area contributed by atoms with E-state index in [0.717, 1.165) is 5.69 Å². The summed E-state index contributed by atoms with van der Waals surface area (Å²) in [6.45, 7) is 6.69. The van der Waals surface area contributed by atoms with E-state index in [1.807, 2.05) is 26.1 Å². The predicted octanol–water partition coefficient (Wildman–Crippen LogP) is 1.27. The molecular formula is C14H20N6O. The maximum Gasteiger partial charge on any atom is 0.272 e. The van der Waals surface area contributed by atoms with Crippen molar-refractivity contribution in [3.8, 4) is 0 Å². The van der Waals surface area contributed by atoms with Gasteiger partial charge in [0.1, 0.15) is 5.69 Å². The molecule has 7 nitrogen and oxygen atoms in total. The van der Waals surface area contributed by atoms with Crippen molar-refractivity contribution in [3.05, 3.63) is 36.4 Å². The Morgan fingerprint density at radius 2 is 2.14 bits per heavy atom. The highest BCUT2D eigenvalue weighted by molar-refractivity contribution is 5.93. The van der Waals surface area contributed by atoms with Gasteiger partial charge in [-0.05, 0) is 26.0 Å². The normalized spacial score (nSPS) is 10.4. The summed E-state index contributed by atoms with van der Waals surface area (Å²) in [4.78, 5) is 18.1. The predicted molar refractivity (Wildman–Crippen MR) is 80.0 cm³/mol. The zero-order valence-corrected chi connectivity index (χ0v) is 12.4. The number of amides is 1. The molecule has 0 radical (unpaired) electrons. The molecule has 0 spiro atoms. The monoisotopic (exact) mass is 288 g/mol. The third-order valence-electron chi connectivity index (χ3n) is 3.17. The van der Waals surface area contributed by atoms with Crippen LogP contribution in [0.15, 0.2) is 30.7 Å². The molecule has 7 heteroatoms. The van der Waals surface area contributed by atoms with Crippen LogP contribution in [0.1, 0.15) is 24.3 Å². The van der Waals surface area contributed by atoms with E-state index in [9.17, 15) is 4.79 Å². The second kappa shape index (κ2) is 7.37. The summed E-state index contributed by atoms with van der Waals surface area (Å²) < 4.78 is 1.75. The number of aromatic nitrogens is 4. The average molecular weight is 288 g/mol. The Morgan fingerprint density at radius 3 is 2.81 bits per heavy atom. The van der Waals surface area contributed by atoms with E-state index in [2.05, 4.69) is 20.6 Å². The van der Waals surface area contributed by atoms with Gasteiger partial charge in [0.2, 0.25) is 0 Å². The molecule has 0 fully saturated rings. The number of nitrogens with zero attached hydrogens (tertiary/aromatic N) is 5. The van der Waals surface area contributed by atoms with E-state index in [1.165, 1.54) is 0 Å². The van der Waals surface area contributed by atoms with Crippen molar-refractivity contribution in [2.45, 2.75) is 20.4 Å². The van der Waals surface area contributed by atoms with Gasteiger partial charge in [-0.3, -0.25) is 14.5 Å². The quantitative estimate of drug-likeness (QED) is 0.830. The first-order valence-electron chi connectivity index (χ1n) is 7.08. The molecule has 0 aliphatic carbocycles. The van der Waals surface area contributed by atoms with E-state index >= 15 is 0 Å². The van der Waals surface area contributed by atoms with Crippen molar-refractivity contribution < 1.29 is 4.79 Å². The summed E-state index contributed by atoms with van der Waals surface area (Å²) in [6, 6.07) is 3.63. The van der Waals surface area contributed by atoms with Crippen LogP contribution in [-0.4, -0.2) is 50.4 Å². The van der Waals surface area contributed by atoms with E-state index in [0.29, 0.717) is 31.9 Å². The fourth-order valence-electron chi connectivity index (χ4n) is 2.00. The Balaban J connectivity index is 1.95. The minimum atomic E-state index is -0.0417. The smallest absolute Gasteiger partial charge is 0.272 e. The second-order valence-electron chi connectivity index (χ2n) is 4.50. The van der Waals surface area contributed by atoms with Gasteiger partial charge >= 0.3 is 0 Å². The SMILES string of the molecule is CCN(CC)C(=O)c1cc(NCCn2ccnn2)ccn1. The molecule has 2 rings (SSSR count). The molecule has 21 heavy (non-hydrogen) atoms. The van der Waals surface area contributed by atoms with Crippen molar-refractivity contribution in [2.24, 2.45) is 0 Å². The molecule has 1 N–H and O–H groups in total. The van der Waals surface area contributed by atoms with Crippen LogP contribution in [0.4, 0.5) is 5.69 Å². The molecule has 0 unspecified atom stereocenters. The highest BCUT2D eigenvalue weighted by Gasteiger charge is 2.13. The number of hydrogen-bond acceptors (Lipinski definition) is 5. The van der Waals surface area contributed by atoms with Gasteiger partial charge in [-0.2, -0.15) is 0 Å². The number of hydrogen-bond donors (Lipinski definition) is 1. The second-order valence-corrected chi connectivity index (χ2v) is 4.50. The summed E-state index contributed by atoms with van der Waals surface area (Å²) in [5.74, 6) is -0.0417. The van der Waals surface area contributed by atoms with E-state index in [4.69, 9.17) is 0 Å². The maximum absolute atomic E-state index is 12.2. The molecule has 112 valence electrons. The van der Waals surface area contributed by atoms with Crippen molar-refractivity contribution in [1.82, 2.24) is 24.9 Å². The number of carbonyl (C=O) groups is 1. The van der Waals surface area contributed by atoms with Crippen LogP contribution < -0.4 is 5.32 Å². The van der Waals surface area contributed by atoms with E-state index in [1.54, 1.807) is 28.0 Å².